The molecule has 38 heavy (non-hydrogen) atoms. The summed E-state index contributed by atoms with van der Waals surface area (Å²) in [4.78, 5) is 30.0. The van der Waals surface area contributed by atoms with E-state index in [2.05, 4.69) is 48.0 Å². The minimum atomic E-state index is -4.46. The van der Waals surface area contributed by atoms with Crippen molar-refractivity contribution in [2.45, 2.75) is 58.4 Å². The molecule has 0 fully saturated rings. The molecule has 9 heteroatoms. The molecule has 0 aliphatic carbocycles. The molecular formula is C29H33F3N4O2. The lowest BCUT2D eigenvalue weighted by molar-refractivity contribution is -0.137. The van der Waals surface area contributed by atoms with Gasteiger partial charge in [0.2, 0.25) is 5.91 Å². The van der Waals surface area contributed by atoms with E-state index >= 15 is 0 Å². The molecule has 4 rings (SSSR count). The van der Waals surface area contributed by atoms with Crippen LogP contribution in [0.2, 0.25) is 0 Å². The topological polar surface area (TPSA) is 57.6 Å². The molecule has 6 nitrogen and oxygen atoms in total. The second-order valence-electron chi connectivity index (χ2n) is 10.2. The van der Waals surface area contributed by atoms with Crippen molar-refractivity contribution in [3.8, 4) is 0 Å². The lowest BCUT2D eigenvalue weighted by Crippen LogP contribution is -2.50. The van der Waals surface area contributed by atoms with Crippen LogP contribution in [0.5, 0.6) is 0 Å². The number of urea groups is 1. The van der Waals surface area contributed by atoms with Crippen molar-refractivity contribution >= 4 is 17.6 Å². The Balaban J connectivity index is 1.53. The summed E-state index contributed by atoms with van der Waals surface area (Å²) in [6, 6.07) is 15.3. The number of alkyl halides is 3. The van der Waals surface area contributed by atoms with Crippen LogP contribution in [0.15, 0.2) is 66.9 Å². The molecule has 1 aliphatic heterocycles. The Hall–Kier alpha value is -3.75. The Morgan fingerprint density at radius 1 is 0.974 bits per heavy atom. The number of rotatable bonds is 6. The third kappa shape index (κ3) is 5.87. The average Bonchev–Trinajstić information content (AvgIpc) is 3.35. The lowest BCUT2D eigenvalue weighted by atomic mass is 9.95. The van der Waals surface area contributed by atoms with E-state index in [1.165, 1.54) is 22.6 Å². The number of halogens is 3. The molecular weight excluding hydrogens is 493 g/mol. The number of amides is 3. The summed E-state index contributed by atoms with van der Waals surface area (Å²) in [5.41, 5.74) is 2.64. The maximum Gasteiger partial charge on any atom is 0.416 e. The number of aromatic nitrogens is 1. The number of nitrogens with zero attached hydrogens (tertiary/aromatic N) is 3. The molecule has 202 valence electrons. The van der Waals surface area contributed by atoms with E-state index in [0.29, 0.717) is 19.0 Å². The van der Waals surface area contributed by atoms with Crippen LogP contribution in [-0.2, 0) is 17.5 Å². The standard InChI is InChI=1S/C29H33F3N4O2/c1-19(2)21-7-9-22(10-8-21)27-25-6-5-15-34(25)16-17-35(27)26(37)18-36(20(3)4)28(38)33-24-13-11-23(12-14-24)29(30,31)32/h5-15,19-20,27H,16-18H2,1-4H3,(H,33,38). The van der Waals surface area contributed by atoms with Crippen molar-refractivity contribution in [3.63, 3.8) is 0 Å². The van der Waals surface area contributed by atoms with E-state index in [9.17, 15) is 22.8 Å². The SMILES string of the molecule is CC(C)c1ccc(C2c3cccn3CCN2C(=O)CN(C(=O)Nc2ccc(C(F)(F)F)cc2)C(C)C)cc1. The van der Waals surface area contributed by atoms with Crippen LogP contribution in [0.1, 0.15) is 62.0 Å². The number of anilines is 1. The third-order valence-corrected chi connectivity index (χ3v) is 6.93. The largest absolute Gasteiger partial charge is 0.416 e. The van der Waals surface area contributed by atoms with Crippen LogP contribution in [-0.4, -0.2) is 45.4 Å². The van der Waals surface area contributed by atoms with Gasteiger partial charge in [-0.1, -0.05) is 38.1 Å². The summed E-state index contributed by atoms with van der Waals surface area (Å²) in [6.45, 7) is 8.83. The number of carbonyl (C=O) groups excluding carboxylic acids is 2. The van der Waals surface area contributed by atoms with Gasteiger partial charge in [-0.15, -0.1) is 0 Å². The van der Waals surface area contributed by atoms with Gasteiger partial charge in [-0.05, 0) is 67.3 Å². The van der Waals surface area contributed by atoms with E-state index < -0.39 is 17.8 Å². The zero-order chi connectivity index (χ0) is 27.6. The van der Waals surface area contributed by atoms with Gasteiger partial charge in [-0.3, -0.25) is 4.79 Å². The fourth-order valence-electron chi connectivity index (χ4n) is 4.73. The van der Waals surface area contributed by atoms with Crippen LogP contribution in [0.3, 0.4) is 0 Å². The Morgan fingerprint density at radius 3 is 2.21 bits per heavy atom. The zero-order valence-electron chi connectivity index (χ0n) is 22.0. The fraction of sp³-hybridized carbons (Fsp3) is 0.379. The molecule has 0 spiro atoms. The number of nitrogens with one attached hydrogen (secondary N) is 1. The molecule has 0 bridgehead atoms. The van der Waals surface area contributed by atoms with E-state index in [1.807, 2.05) is 18.3 Å². The fourth-order valence-corrected chi connectivity index (χ4v) is 4.73. The van der Waals surface area contributed by atoms with Gasteiger partial charge in [0.25, 0.3) is 0 Å². The number of hydrogen-bond donors (Lipinski definition) is 1. The average molecular weight is 527 g/mol. The maximum absolute atomic E-state index is 13.7. The van der Waals surface area contributed by atoms with Crippen molar-refractivity contribution in [2.75, 3.05) is 18.4 Å². The van der Waals surface area contributed by atoms with Crippen LogP contribution < -0.4 is 5.32 Å². The summed E-state index contributed by atoms with van der Waals surface area (Å²) >= 11 is 0. The van der Waals surface area contributed by atoms with Gasteiger partial charge in [0.05, 0.1) is 11.6 Å². The van der Waals surface area contributed by atoms with Gasteiger partial charge >= 0.3 is 12.2 Å². The van der Waals surface area contributed by atoms with Crippen LogP contribution >= 0.6 is 0 Å². The van der Waals surface area contributed by atoms with Gasteiger partial charge < -0.3 is 19.7 Å². The second kappa shape index (κ2) is 10.9. The van der Waals surface area contributed by atoms with E-state index in [-0.39, 0.29) is 30.2 Å². The normalized spacial score (nSPS) is 15.5. The summed E-state index contributed by atoms with van der Waals surface area (Å²) < 4.78 is 40.8. The first-order valence-electron chi connectivity index (χ1n) is 12.7. The predicted octanol–water partition coefficient (Wildman–Crippen LogP) is 6.50. The van der Waals surface area contributed by atoms with Crippen molar-refractivity contribution in [1.82, 2.24) is 14.4 Å². The predicted molar refractivity (Wildman–Crippen MR) is 141 cm³/mol. The monoisotopic (exact) mass is 526 g/mol. The summed E-state index contributed by atoms with van der Waals surface area (Å²) in [6.07, 6.45) is -2.45. The molecule has 3 aromatic rings. The maximum atomic E-state index is 13.7. The highest BCUT2D eigenvalue weighted by Crippen LogP contribution is 2.34. The Bertz CT molecular complexity index is 1260. The quantitative estimate of drug-likeness (QED) is 0.398. The summed E-state index contributed by atoms with van der Waals surface area (Å²) in [5.74, 6) is 0.187. The lowest BCUT2D eigenvalue weighted by Gasteiger charge is -2.39. The third-order valence-electron chi connectivity index (χ3n) is 6.93. The zero-order valence-corrected chi connectivity index (χ0v) is 22.0. The number of carbonyl (C=O) groups is 2. The van der Waals surface area contributed by atoms with Crippen LogP contribution in [0.4, 0.5) is 23.7 Å². The number of benzene rings is 2. The molecule has 1 unspecified atom stereocenters. The van der Waals surface area contributed by atoms with Gasteiger partial charge in [0, 0.05) is 36.7 Å². The highest BCUT2D eigenvalue weighted by atomic mass is 19.4. The van der Waals surface area contributed by atoms with E-state index in [4.69, 9.17) is 0 Å². The first kappa shape index (κ1) is 27.3. The molecule has 2 heterocycles. The van der Waals surface area contributed by atoms with Gasteiger partial charge in [0.15, 0.2) is 0 Å². The van der Waals surface area contributed by atoms with E-state index in [0.717, 1.165) is 23.4 Å². The van der Waals surface area contributed by atoms with Crippen molar-refractivity contribution in [2.24, 2.45) is 0 Å². The molecule has 2 aromatic carbocycles. The van der Waals surface area contributed by atoms with Crippen LogP contribution in [0.25, 0.3) is 0 Å². The minimum absolute atomic E-state index is 0.161. The van der Waals surface area contributed by atoms with Gasteiger partial charge in [0.1, 0.15) is 6.54 Å². The van der Waals surface area contributed by atoms with E-state index in [1.54, 1.807) is 18.7 Å². The van der Waals surface area contributed by atoms with Gasteiger partial charge in [-0.25, -0.2) is 4.79 Å². The minimum Gasteiger partial charge on any atom is -0.348 e. The molecule has 1 N–H and O–H groups in total. The molecule has 0 saturated heterocycles. The van der Waals surface area contributed by atoms with Crippen LogP contribution in [0, 0.1) is 0 Å². The Morgan fingerprint density at radius 2 is 1.63 bits per heavy atom. The second-order valence-corrected chi connectivity index (χ2v) is 10.2. The molecule has 0 radical (unpaired) electrons. The Kier molecular flexibility index (Phi) is 7.85. The number of hydrogen-bond acceptors (Lipinski definition) is 2. The highest BCUT2D eigenvalue weighted by Gasteiger charge is 2.34. The molecule has 1 aliphatic rings. The molecule has 1 atom stereocenters. The van der Waals surface area contributed by atoms with Crippen molar-refractivity contribution < 1.29 is 22.8 Å². The number of fused-ring (bicyclic) bond motifs is 1. The molecule has 1 aromatic heterocycles. The Labute approximate surface area is 221 Å². The first-order chi connectivity index (χ1) is 18.0. The first-order valence-corrected chi connectivity index (χ1v) is 12.7. The molecule has 0 saturated carbocycles. The summed E-state index contributed by atoms with van der Waals surface area (Å²) in [5, 5.41) is 2.63. The highest BCUT2D eigenvalue weighted by molar-refractivity contribution is 5.92. The smallest absolute Gasteiger partial charge is 0.348 e. The van der Waals surface area contributed by atoms with Crippen molar-refractivity contribution in [1.29, 1.82) is 0 Å². The summed E-state index contributed by atoms with van der Waals surface area (Å²) in [7, 11) is 0. The molecule has 3 amide bonds. The van der Waals surface area contributed by atoms with Gasteiger partial charge in [-0.2, -0.15) is 13.2 Å². The van der Waals surface area contributed by atoms with Crippen molar-refractivity contribution in [3.05, 3.63) is 89.2 Å².